The van der Waals surface area contributed by atoms with E-state index in [1.165, 1.54) is 31.4 Å². The molecule has 0 saturated heterocycles. The third-order valence-electron chi connectivity index (χ3n) is 6.81. The number of hydrogen-bond donors (Lipinski definition) is 1. The lowest BCUT2D eigenvalue weighted by Crippen LogP contribution is -2.66. The third-order valence-corrected chi connectivity index (χ3v) is 6.81. The average molecular weight is 501 g/mol. The molecule has 0 spiro atoms. The van der Waals surface area contributed by atoms with Crippen molar-refractivity contribution in [1.29, 1.82) is 0 Å². The minimum absolute atomic E-state index is 0.00459. The van der Waals surface area contributed by atoms with Gasteiger partial charge in [0.15, 0.2) is 5.78 Å². The van der Waals surface area contributed by atoms with Gasteiger partial charge in [0, 0.05) is 17.7 Å². The van der Waals surface area contributed by atoms with Crippen LogP contribution in [-0.4, -0.2) is 41.3 Å². The summed E-state index contributed by atoms with van der Waals surface area (Å²) in [6.07, 6.45) is -5.37. The fourth-order valence-electron chi connectivity index (χ4n) is 5.05. The molecule has 2 amide bonds. The number of Topliss-reactive ketones (excluding diaryl/α,β-unsaturated/α-hetero) is 1. The fraction of sp³-hybridized carbons (Fsp3) is 0.370. The van der Waals surface area contributed by atoms with Gasteiger partial charge in [0.05, 0.1) is 18.7 Å². The second kappa shape index (κ2) is 8.80. The van der Waals surface area contributed by atoms with Crippen molar-refractivity contribution < 1.29 is 32.3 Å². The Kier molecular flexibility index (Phi) is 6.22. The standard InChI is InChI=1S/C27H27F3N2O4/c1-16(17-8-6-5-7-9-17)32-20-14-25(2,3)15-21(33)22(20)26(24(32)35,27(28,29)30)31-23(34)18-10-12-19(36-4)13-11-18/h5-13,16H,14-15H2,1-4H3,(H,31,34)/t16-,26+/m1/s1. The maximum atomic E-state index is 15.0. The van der Waals surface area contributed by atoms with Crippen LogP contribution in [0.3, 0.4) is 0 Å². The Morgan fingerprint density at radius 1 is 1.03 bits per heavy atom. The molecule has 6 nitrogen and oxygen atoms in total. The van der Waals surface area contributed by atoms with Crippen molar-refractivity contribution in [2.75, 3.05) is 7.11 Å². The van der Waals surface area contributed by atoms with E-state index in [-0.39, 0.29) is 24.1 Å². The monoisotopic (exact) mass is 500 g/mol. The molecule has 0 bridgehead atoms. The maximum absolute atomic E-state index is 15.0. The largest absolute Gasteiger partial charge is 0.497 e. The highest BCUT2D eigenvalue weighted by Gasteiger charge is 2.72. The second-order valence-corrected chi connectivity index (χ2v) is 9.95. The Morgan fingerprint density at radius 3 is 2.19 bits per heavy atom. The number of halogens is 3. The molecule has 0 fully saturated rings. The van der Waals surface area contributed by atoms with Gasteiger partial charge in [0.25, 0.3) is 11.8 Å². The van der Waals surface area contributed by atoms with Crippen LogP contribution in [0, 0.1) is 5.41 Å². The first kappa shape index (κ1) is 25.5. The SMILES string of the molecule is COc1ccc(C(=O)N[C@]2(C(F)(F)F)C(=O)N([C@H](C)c3ccccc3)C3=C2C(=O)CC(C)(C)C3)cc1. The third kappa shape index (κ3) is 4.06. The average Bonchev–Trinajstić information content (AvgIpc) is 3.06. The van der Waals surface area contributed by atoms with Gasteiger partial charge < -0.3 is 15.0 Å². The minimum Gasteiger partial charge on any atom is -0.497 e. The molecule has 1 heterocycles. The number of nitrogens with one attached hydrogen (secondary N) is 1. The van der Waals surface area contributed by atoms with Crippen LogP contribution in [0.25, 0.3) is 0 Å². The number of alkyl halides is 3. The highest BCUT2D eigenvalue weighted by molar-refractivity contribution is 6.14. The first-order valence-corrected chi connectivity index (χ1v) is 11.5. The van der Waals surface area contributed by atoms with Gasteiger partial charge in [-0.25, -0.2) is 0 Å². The molecule has 0 radical (unpaired) electrons. The van der Waals surface area contributed by atoms with Crippen molar-refractivity contribution in [3.05, 3.63) is 77.0 Å². The van der Waals surface area contributed by atoms with Crippen LogP contribution in [0.5, 0.6) is 5.75 Å². The Bertz CT molecular complexity index is 1240. The van der Waals surface area contributed by atoms with Gasteiger partial charge in [-0.15, -0.1) is 0 Å². The number of hydrogen-bond acceptors (Lipinski definition) is 4. The zero-order valence-corrected chi connectivity index (χ0v) is 20.4. The Morgan fingerprint density at radius 2 is 1.64 bits per heavy atom. The van der Waals surface area contributed by atoms with E-state index in [0.29, 0.717) is 11.3 Å². The zero-order valence-electron chi connectivity index (χ0n) is 20.4. The first-order valence-electron chi connectivity index (χ1n) is 11.5. The quantitative estimate of drug-likeness (QED) is 0.629. The second-order valence-electron chi connectivity index (χ2n) is 9.95. The van der Waals surface area contributed by atoms with Crippen LogP contribution in [0.4, 0.5) is 13.2 Å². The van der Waals surface area contributed by atoms with E-state index < -0.39 is 46.3 Å². The number of amides is 2. The summed E-state index contributed by atoms with van der Waals surface area (Å²) in [6, 6.07) is 13.3. The summed E-state index contributed by atoms with van der Waals surface area (Å²) >= 11 is 0. The Balaban J connectivity index is 1.88. The smallest absolute Gasteiger partial charge is 0.425 e. The topological polar surface area (TPSA) is 75.7 Å². The normalized spacial score (nSPS) is 22.4. The van der Waals surface area contributed by atoms with Crippen molar-refractivity contribution >= 4 is 17.6 Å². The van der Waals surface area contributed by atoms with E-state index in [1.807, 2.05) is 5.32 Å². The molecule has 2 aromatic carbocycles. The molecule has 1 aliphatic heterocycles. The molecule has 2 aromatic rings. The molecular weight excluding hydrogens is 473 g/mol. The van der Waals surface area contributed by atoms with Gasteiger partial charge in [-0.3, -0.25) is 14.4 Å². The molecular formula is C27H27F3N2O4. The van der Waals surface area contributed by atoms with E-state index in [1.54, 1.807) is 51.1 Å². The van der Waals surface area contributed by atoms with Gasteiger partial charge in [-0.05, 0) is 48.6 Å². The molecule has 0 saturated carbocycles. The molecule has 190 valence electrons. The summed E-state index contributed by atoms with van der Waals surface area (Å²) in [7, 11) is 1.41. The van der Waals surface area contributed by atoms with Crippen LogP contribution < -0.4 is 10.1 Å². The molecule has 4 rings (SSSR count). The molecule has 2 atom stereocenters. The van der Waals surface area contributed by atoms with E-state index in [2.05, 4.69) is 0 Å². The van der Waals surface area contributed by atoms with Gasteiger partial charge in [-0.1, -0.05) is 44.2 Å². The number of allylic oxidation sites excluding steroid dienone is 1. The Hall–Kier alpha value is -3.62. The van der Waals surface area contributed by atoms with Gasteiger partial charge in [0.1, 0.15) is 5.75 Å². The van der Waals surface area contributed by atoms with Crippen molar-refractivity contribution in [2.45, 2.75) is 51.4 Å². The minimum atomic E-state index is -5.27. The number of carbonyl (C=O) groups is 3. The number of nitrogens with zero attached hydrogens (tertiary/aromatic N) is 1. The molecule has 36 heavy (non-hydrogen) atoms. The van der Waals surface area contributed by atoms with E-state index in [0.717, 1.165) is 4.90 Å². The lowest BCUT2D eigenvalue weighted by atomic mass is 9.72. The predicted molar refractivity (Wildman–Crippen MR) is 126 cm³/mol. The van der Waals surface area contributed by atoms with Gasteiger partial charge in [0.2, 0.25) is 5.54 Å². The Labute approximate surface area is 207 Å². The predicted octanol–water partition coefficient (Wildman–Crippen LogP) is 4.97. The highest BCUT2D eigenvalue weighted by atomic mass is 19.4. The summed E-state index contributed by atoms with van der Waals surface area (Å²) in [5.74, 6) is -2.90. The van der Waals surface area contributed by atoms with Crippen molar-refractivity contribution in [3.8, 4) is 5.75 Å². The number of methoxy groups -OCH3 is 1. The van der Waals surface area contributed by atoms with Crippen LogP contribution >= 0.6 is 0 Å². The molecule has 0 aromatic heterocycles. The summed E-state index contributed by atoms with van der Waals surface area (Å²) in [6.45, 7) is 5.16. The maximum Gasteiger partial charge on any atom is 0.425 e. The molecule has 1 aliphatic carbocycles. The van der Waals surface area contributed by atoms with Crippen molar-refractivity contribution in [3.63, 3.8) is 0 Å². The van der Waals surface area contributed by atoms with Crippen LogP contribution in [0.1, 0.15) is 55.6 Å². The lowest BCUT2D eigenvalue weighted by Gasteiger charge is -2.35. The lowest BCUT2D eigenvalue weighted by molar-refractivity contribution is -0.191. The zero-order chi connectivity index (χ0) is 26.5. The number of rotatable bonds is 5. The molecule has 9 heteroatoms. The van der Waals surface area contributed by atoms with Crippen molar-refractivity contribution in [2.24, 2.45) is 5.41 Å². The molecule has 1 N–H and O–H groups in total. The molecule has 2 aliphatic rings. The van der Waals surface area contributed by atoms with E-state index in [9.17, 15) is 27.6 Å². The fourth-order valence-corrected chi connectivity index (χ4v) is 5.05. The highest BCUT2D eigenvalue weighted by Crippen LogP contribution is 2.53. The number of carbonyl (C=O) groups excluding carboxylic acids is 3. The van der Waals surface area contributed by atoms with E-state index >= 15 is 0 Å². The summed E-state index contributed by atoms with van der Waals surface area (Å²) < 4.78 is 49.9. The van der Waals surface area contributed by atoms with Gasteiger partial charge >= 0.3 is 6.18 Å². The van der Waals surface area contributed by atoms with Crippen molar-refractivity contribution in [1.82, 2.24) is 10.2 Å². The number of benzene rings is 2. The summed E-state index contributed by atoms with van der Waals surface area (Å²) in [5, 5.41) is 1.95. The number of ether oxygens (including phenoxy) is 1. The van der Waals surface area contributed by atoms with Crippen LogP contribution in [0.15, 0.2) is 65.9 Å². The number of ketones is 1. The molecule has 0 unspecified atom stereocenters. The van der Waals surface area contributed by atoms with Crippen LogP contribution in [0.2, 0.25) is 0 Å². The summed E-state index contributed by atoms with van der Waals surface area (Å²) in [5.41, 5.74) is -4.34. The van der Waals surface area contributed by atoms with Crippen LogP contribution in [-0.2, 0) is 9.59 Å². The summed E-state index contributed by atoms with van der Waals surface area (Å²) in [4.78, 5) is 41.3. The first-order chi connectivity index (χ1) is 16.8. The van der Waals surface area contributed by atoms with Gasteiger partial charge in [-0.2, -0.15) is 13.2 Å². The van der Waals surface area contributed by atoms with E-state index in [4.69, 9.17) is 4.74 Å².